The molecule has 3 N–H and O–H groups in total. The van der Waals surface area contributed by atoms with Gasteiger partial charge in [0.1, 0.15) is 18.3 Å². The van der Waals surface area contributed by atoms with E-state index in [2.05, 4.69) is 0 Å². The fourth-order valence-electron chi connectivity index (χ4n) is 2.94. The van der Waals surface area contributed by atoms with Crippen LogP contribution in [-0.4, -0.2) is 49.4 Å². The lowest BCUT2D eigenvalue weighted by Crippen LogP contribution is -2.43. The van der Waals surface area contributed by atoms with Crippen LogP contribution in [0.2, 0.25) is 0 Å². The van der Waals surface area contributed by atoms with E-state index in [4.69, 9.17) is 4.74 Å². The number of aromatic nitrogens is 2. The molecule has 25 heavy (non-hydrogen) atoms. The van der Waals surface area contributed by atoms with Gasteiger partial charge in [0, 0.05) is 12.3 Å². The third-order valence-corrected chi connectivity index (χ3v) is 4.48. The quantitative estimate of drug-likeness (QED) is 0.652. The Bertz CT molecular complexity index is 874. The zero-order valence-corrected chi connectivity index (χ0v) is 13.6. The van der Waals surface area contributed by atoms with E-state index >= 15 is 0 Å². The van der Waals surface area contributed by atoms with E-state index in [0.29, 0.717) is 0 Å². The second kappa shape index (κ2) is 6.93. The molecule has 4 atom stereocenters. The van der Waals surface area contributed by atoms with Gasteiger partial charge in [0.25, 0.3) is 5.56 Å². The first-order chi connectivity index (χ1) is 11.9. The highest BCUT2D eigenvalue weighted by molar-refractivity contribution is 5.25. The molecule has 0 amide bonds. The van der Waals surface area contributed by atoms with Crippen LogP contribution in [0.1, 0.15) is 17.4 Å². The Morgan fingerprint density at radius 1 is 1.12 bits per heavy atom. The molecule has 3 rings (SSSR count). The van der Waals surface area contributed by atoms with Gasteiger partial charge in [-0.15, -0.1) is 0 Å². The van der Waals surface area contributed by atoms with Crippen LogP contribution in [-0.2, 0) is 11.3 Å². The summed E-state index contributed by atoms with van der Waals surface area (Å²) in [5.74, 6) is 0. The Labute approximate surface area is 143 Å². The van der Waals surface area contributed by atoms with Crippen LogP contribution < -0.4 is 11.2 Å². The smallest absolute Gasteiger partial charge is 0.333 e. The largest absolute Gasteiger partial charge is 0.394 e. The summed E-state index contributed by atoms with van der Waals surface area (Å²) in [5.41, 5.74) is 0.625. The molecule has 0 unspecified atom stereocenters. The van der Waals surface area contributed by atoms with Crippen molar-refractivity contribution in [3.63, 3.8) is 0 Å². The number of rotatable bonds is 4. The number of aliphatic hydroxyl groups is 3. The molecule has 0 spiro atoms. The third-order valence-electron chi connectivity index (χ3n) is 4.48. The average Bonchev–Trinajstić information content (AvgIpc) is 2.88. The Balaban J connectivity index is 2.00. The lowest BCUT2D eigenvalue weighted by molar-refractivity contribution is -0.0555. The number of benzene rings is 1. The normalized spacial score (nSPS) is 26.1. The molecule has 2 aromatic rings. The summed E-state index contributed by atoms with van der Waals surface area (Å²) in [6.07, 6.45) is -3.66. The Morgan fingerprint density at radius 3 is 2.48 bits per heavy atom. The summed E-state index contributed by atoms with van der Waals surface area (Å²) < 4.78 is 7.47. The molecule has 0 saturated carbocycles. The van der Waals surface area contributed by atoms with Crippen molar-refractivity contribution in [2.75, 3.05) is 6.61 Å². The van der Waals surface area contributed by atoms with Crippen LogP contribution in [0.25, 0.3) is 0 Å². The second-order valence-corrected chi connectivity index (χ2v) is 6.09. The van der Waals surface area contributed by atoms with Gasteiger partial charge in [0.15, 0.2) is 6.23 Å². The molecule has 134 valence electrons. The first-order valence-corrected chi connectivity index (χ1v) is 7.93. The lowest BCUT2D eigenvalue weighted by Gasteiger charge is -2.19. The van der Waals surface area contributed by atoms with Gasteiger partial charge < -0.3 is 20.1 Å². The maximum Gasteiger partial charge on any atom is 0.333 e. The Morgan fingerprint density at radius 2 is 1.84 bits per heavy atom. The van der Waals surface area contributed by atoms with E-state index in [-0.39, 0.29) is 6.54 Å². The van der Waals surface area contributed by atoms with Gasteiger partial charge in [-0.25, -0.2) is 4.79 Å². The minimum atomic E-state index is -1.39. The highest BCUT2D eigenvalue weighted by atomic mass is 16.6. The Hall–Kier alpha value is -2.26. The zero-order chi connectivity index (χ0) is 18.1. The van der Waals surface area contributed by atoms with E-state index < -0.39 is 42.4 Å². The van der Waals surface area contributed by atoms with Crippen molar-refractivity contribution in [2.45, 2.75) is 38.0 Å². The summed E-state index contributed by atoms with van der Waals surface area (Å²) in [4.78, 5) is 24.9. The molecule has 8 nitrogen and oxygen atoms in total. The summed E-state index contributed by atoms with van der Waals surface area (Å²) in [5, 5.41) is 29.1. The standard InChI is InChI=1S/C17H20N2O6/c1-10-4-2-3-5-11(10)8-19-13(21)6-7-18(17(19)24)16-15(23)14(22)12(9-20)25-16/h2-7,12,14-16,20,22-23H,8-9H2,1H3/t12-,14-,15-,16-/m1/s1. The number of aryl methyl sites for hydroxylation is 1. The van der Waals surface area contributed by atoms with Crippen molar-refractivity contribution in [2.24, 2.45) is 0 Å². The highest BCUT2D eigenvalue weighted by Crippen LogP contribution is 2.27. The van der Waals surface area contributed by atoms with Crippen molar-refractivity contribution in [3.8, 4) is 0 Å². The fourth-order valence-corrected chi connectivity index (χ4v) is 2.94. The number of nitrogens with zero attached hydrogens (tertiary/aromatic N) is 2. The summed E-state index contributed by atoms with van der Waals surface area (Å²) in [6.45, 7) is 1.47. The number of ether oxygens (including phenoxy) is 1. The number of aliphatic hydroxyl groups excluding tert-OH is 3. The van der Waals surface area contributed by atoms with Crippen LogP contribution in [0.3, 0.4) is 0 Å². The molecule has 1 saturated heterocycles. The van der Waals surface area contributed by atoms with Gasteiger partial charge in [0.05, 0.1) is 13.2 Å². The first-order valence-electron chi connectivity index (χ1n) is 7.93. The molecule has 1 aromatic heterocycles. The Kier molecular flexibility index (Phi) is 4.87. The number of hydrogen-bond acceptors (Lipinski definition) is 6. The second-order valence-electron chi connectivity index (χ2n) is 6.09. The maximum absolute atomic E-state index is 12.7. The summed E-state index contributed by atoms with van der Waals surface area (Å²) >= 11 is 0. The molecule has 2 heterocycles. The molecule has 8 heteroatoms. The maximum atomic E-state index is 12.7. The van der Waals surface area contributed by atoms with E-state index in [1.807, 2.05) is 31.2 Å². The van der Waals surface area contributed by atoms with E-state index in [1.165, 1.54) is 12.3 Å². The van der Waals surface area contributed by atoms with Crippen molar-refractivity contribution in [3.05, 3.63) is 68.5 Å². The SMILES string of the molecule is Cc1ccccc1Cn1c(=O)ccn([C@@H]2O[C@H](CO)[C@@H](O)[C@H]2O)c1=O. The molecular formula is C17H20N2O6. The van der Waals surface area contributed by atoms with Crippen LogP contribution >= 0.6 is 0 Å². The van der Waals surface area contributed by atoms with Gasteiger partial charge in [-0.1, -0.05) is 24.3 Å². The average molecular weight is 348 g/mol. The molecule has 1 aromatic carbocycles. The predicted octanol–water partition coefficient (Wildman–Crippen LogP) is -1.02. The van der Waals surface area contributed by atoms with E-state index in [1.54, 1.807) is 0 Å². The van der Waals surface area contributed by atoms with E-state index in [0.717, 1.165) is 20.3 Å². The van der Waals surface area contributed by atoms with Crippen LogP contribution in [0, 0.1) is 6.92 Å². The van der Waals surface area contributed by atoms with Crippen LogP contribution in [0.15, 0.2) is 46.1 Å². The molecule has 0 bridgehead atoms. The minimum absolute atomic E-state index is 0.0833. The topological polar surface area (TPSA) is 114 Å². The summed E-state index contributed by atoms with van der Waals surface area (Å²) in [7, 11) is 0. The first kappa shape index (κ1) is 17.6. The van der Waals surface area contributed by atoms with Gasteiger partial charge in [0.2, 0.25) is 0 Å². The summed E-state index contributed by atoms with van der Waals surface area (Å²) in [6, 6.07) is 8.60. The molecule has 0 aliphatic carbocycles. The third kappa shape index (κ3) is 3.16. The monoisotopic (exact) mass is 348 g/mol. The lowest BCUT2D eigenvalue weighted by atomic mass is 10.1. The van der Waals surface area contributed by atoms with Crippen molar-refractivity contribution in [1.29, 1.82) is 0 Å². The zero-order valence-electron chi connectivity index (χ0n) is 13.6. The number of hydrogen-bond donors (Lipinski definition) is 3. The molecule has 1 fully saturated rings. The van der Waals surface area contributed by atoms with Gasteiger partial charge in [-0.05, 0) is 18.1 Å². The molecule has 1 aliphatic heterocycles. The van der Waals surface area contributed by atoms with Gasteiger partial charge in [-0.2, -0.15) is 0 Å². The van der Waals surface area contributed by atoms with Crippen LogP contribution in [0.5, 0.6) is 0 Å². The van der Waals surface area contributed by atoms with Gasteiger partial charge >= 0.3 is 5.69 Å². The fraction of sp³-hybridized carbons (Fsp3) is 0.412. The van der Waals surface area contributed by atoms with Crippen molar-refractivity contribution in [1.82, 2.24) is 9.13 Å². The predicted molar refractivity (Wildman–Crippen MR) is 88.3 cm³/mol. The molecule has 0 radical (unpaired) electrons. The van der Waals surface area contributed by atoms with E-state index in [9.17, 15) is 24.9 Å². The van der Waals surface area contributed by atoms with Crippen LogP contribution in [0.4, 0.5) is 0 Å². The molecule has 1 aliphatic rings. The highest BCUT2D eigenvalue weighted by Gasteiger charge is 2.43. The minimum Gasteiger partial charge on any atom is -0.394 e. The van der Waals surface area contributed by atoms with Crippen molar-refractivity contribution >= 4 is 0 Å². The molecular weight excluding hydrogens is 328 g/mol. The van der Waals surface area contributed by atoms with Gasteiger partial charge in [-0.3, -0.25) is 13.9 Å². The van der Waals surface area contributed by atoms with Crippen molar-refractivity contribution < 1.29 is 20.1 Å².